The van der Waals surface area contributed by atoms with Gasteiger partial charge < -0.3 is 5.32 Å². The lowest BCUT2D eigenvalue weighted by atomic mass is 10.0. The Bertz CT molecular complexity index is 682. The summed E-state index contributed by atoms with van der Waals surface area (Å²) >= 11 is 1.51. The zero-order chi connectivity index (χ0) is 14.7. The largest absolute Gasteiger partial charge is 0.304 e. The van der Waals surface area contributed by atoms with Crippen LogP contribution in [0.1, 0.15) is 11.1 Å². The van der Waals surface area contributed by atoms with Gasteiger partial charge in [0.1, 0.15) is 0 Å². The number of rotatable bonds is 3. The maximum absolute atomic E-state index is 12.1. The summed E-state index contributed by atoms with van der Waals surface area (Å²) in [5.74, 6) is 0.0398. The van der Waals surface area contributed by atoms with Crippen LogP contribution in [-0.2, 0) is 11.2 Å². The van der Waals surface area contributed by atoms with Crippen LogP contribution < -0.4 is 5.32 Å². The van der Waals surface area contributed by atoms with Gasteiger partial charge in [0.25, 0.3) is 0 Å². The summed E-state index contributed by atoms with van der Waals surface area (Å²) in [4.78, 5) is 16.5. The summed E-state index contributed by atoms with van der Waals surface area (Å²) in [6.45, 7) is 2.08. The number of hydrogen-bond donors (Lipinski definition) is 1. The fraction of sp³-hybridized carbons (Fsp3) is 0.176. The number of amides is 1. The maximum atomic E-state index is 12.1. The Morgan fingerprint density at radius 1 is 1.10 bits per heavy atom. The molecule has 0 radical (unpaired) electrons. The van der Waals surface area contributed by atoms with Gasteiger partial charge in [-0.1, -0.05) is 54.2 Å². The second-order valence-electron chi connectivity index (χ2n) is 4.98. The van der Waals surface area contributed by atoms with Gasteiger partial charge >= 0.3 is 0 Å². The molecule has 3 rings (SSSR count). The summed E-state index contributed by atoms with van der Waals surface area (Å²) in [5.41, 5.74) is 3.29. The molecule has 1 amide bonds. The number of nitrogens with one attached hydrogen (secondary N) is 1. The molecule has 0 spiro atoms. The Labute approximate surface area is 128 Å². The Balaban J connectivity index is 1.74. The molecular weight excluding hydrogens is 280 g/mol. The van der Waals surface area contributed by atoms with E-state index in [4.69, 9.17) is 0 Å². The van der Waals surface area contributed by atoms with E-state index in [0.29, 0.717) is 5.17 Å². The predicted molar refractivity (Wildman–Crippen MR) is 87.9 cm³/mol. The number of aryl methyl sites for hydroxylation is 1. The minimum atomic E-state index is -0.103. The zero-order valence-electron chi connectivity index (χ0n) is 11.7. The van der Waals surface area contributed by atoms with Crippen molar-refractivity contribution < 1.29 is 4.79 Å². The van der Waals surface area contributed by atoms with Gasteiger partial charge in [-0.2, -0.15) is 0 Å². The van der Waals surface area contributed by atoms with Crippen molar-refractivity contribution in [2.45, 2.75) is 18.6 Å². The third-order valence-electron chi connectivity index (χ3n) is 3.43. The Morgan fingerprint density at radius 2 is 1.81 bits per heavy atom. The molecule has 0 aromatic heterocycles. The van der Waals surface area contributed by atoms with E-state index < -0.39 is 0 Å². The first-order valence-electron chi connectivity index (χ1n) is 6.88. The minimum absolute atomic E-state index is 0.0398. The van der Waals surface area contributed by atoms with Crippen LogP contribution in [0.5, 0.6) is 0 Å². The number of carbonyl (C=O) groups is 1. The molecule has 4 heteroatoms. The number of benzene rings is 2. The first-order valence-corrected chi connectivity index (χ1v) is 7.76. The molecule has 2 aromatic rings. The van der Waals surface area contributed by atoms with Gasteiger partial charge in [-0.3, -0.25) is 4.79 Å². The lowest BCUT2D eigenvalue weighted by Gasteiger charge is -2.08. The van der Waals surface area contributed by atoms with Crippen molar-refractivity contribution in [2.75, 3.05) is 0 Å². The summed E-state index contributed by atoms with van der Waals surface area (Å²) in [6, 6.07) is 17.9. The number of thioether (sulfide) groups is 1. The highest BCUT2D eigenvalue weighted by molar-refractivity contribution is 8.15. The second-order valence-corrected chi connectivity index (χ2v) is 6.17. The number of para-hydroxylation sites is 1. The fourth-order valence-electron chi connectivity index (χ4n) is 2.25. The Kier molecular flexibility index (Phi) is 4.06. The summed E-state index contributed by atoms with van der Waals surface area (Å²) in [6.07, 6.45) is 0.733. The molecule has 0 aliphatic carbocycles. The van der Waals surface area contributed by atoms with E-state index in [2.05, 4.69) is 29.4 Å². The molecule has 1 saturated heterocycles. The van der Waals surface area contributed by atoms with Crippen LogP contribution in [0.3, 0.4) is 0 Å². The quantitative estimate of drug-likeness (QED) is 0.942. The van der Waals surface area contributed by atoms with Gasteiger partial charge in [0.2, 0.25) is 5.91 Å². The van der Waals surface area contributed by atoms with Crippen molar-refractivity contribution >= 4 is 28.5 Å². The van der Waals surface area contributed by atoms with E-state index >= 15 is 0 Å². The molecule has 0 bridgehead atoms. The molecule has 1 heterocycles. The van der Waals surface area contributed by atoms with Crippen molar-refractivity contribution in [1.29, 1.82) is 0 Å². The van der Waals surface area contributed by atoms with E-state index in [9.17, 15) is 4.79 Å². The lowest BCUT2D eigenvalue weighted by molar-refractivity contribution is -0.118. The van der Waals surface area contributed by atoms with Gasteiger partial charge in [0.15, 0.2) is 5.17 Å². The van der Waals surface area contributed by atoms with Gasteiger partial charge in [-0.15, -0.1) is 0 Å². The highest BCUT2D eigenvalue weighted by atomic mass is 32.2. The third-order valence-corrected chi connectivity index (χ3v) is 4.51. The SMILES string of the molecule is Cc1ccccc1CC1SC(=Nc2ccccc2)NC1=O. The highest BCUT2D eigenvalue weighted by Crippen LogP contribution is 2.26. The molecule has 106 valence electrons. The maximum Gasteiger partial charge on any atom is 0.239 e. The first-order chi connectivity index (χ1) is 10.2. The molecule has 1 aliphatic rings. The second kappa shape index (κ2) is 6.14. The van der Waals surface area contributed by atoms with Crippen molar-refractivity contribution in [2.24, 2.45) is 4.99 Å². The van der Waals surface area contributed by atoms with Crippen LogP contribution in [-0.4, -0.2) is 16.3 Å². The van der Waals surface area contributed by atoms with Crippen LogP contribution in [0, 0.1) is 6.92 Å². The summed E-state index contributed by atoms with van der Waals surface area (Å²) < 4.78 is 0. The van der Waals surface area contributed by atoms with Crippen LogP contribution in [0.2, 0.25) is 0 Å². The van der Waals surface area contributed by atoms with Crippen LogP contribution >= 0.6 is 11.8 Å². The average Bonchev–Trinajstić information content (AvgIpc) is 2.82. The van der Waals surface area contributed by atoms with E-state index in [1.807, 2.05) is 42.5 Å². The van der Waals surface area contributed by atoms with Crippen LogP contribution in [0.25, 0.3) is 0 Å². The third kappa shape index (κ3) is 3.34. The Morgan fingerprint density at radius 3 is 2.57 bits per heavy atom. The normalized spacial score (nSPS) is 19.8. The molecule has 1 N–H and O–H groups in total. The average molecular weight is 296 g/mol. The van der Waals surface area contributed by atoms with Crippen molar-refractivity contribution in [3.63, 3.8) is 0 Å². The van der Waals surface area contributed by atoms with Crippen LogP contribution in [0.15, 0.2) is 59.6 Å². The number of hydrogen-bond acceptors (Lipinski definition) is 3. The summed E-state index contributed by atoms with van der Waals surface area (Å²) in [5, 5.41) is 3.45. The molecule has 2 aromatic carbocycles. The van der Waals surface area contributed by atoms with E-state index in [1.54, 1.807) is 0 Å². The number of nitrogens with zero attached hydrogens (tertiary/aromatic N) is 1. The topological polar surface area (TPSA) is 41.5 Å². The van der Waals surface area contributed by atoms with Gasteiger partial charge in [-0.05, 0) is 36.6 Å². The van der Waals surface area contributed by atoms with Gasteiger partial charge in [0.05, 0.1) is 10.9 Å². The smallest absolute Gasteiger partial charge is 0.239 e. The molecule has 21 heavy (non-hydrogen) atoms. The molecule has 1 unspecified atom stereocenters. The zero-order valence-corrected chi connectivity index (χ0v) is 12.6. The number of aliphatic imine (C=N–C) groups is 1. The molecule has 0 saturated carbocycles. The number of carbonyl (C=O) groups excluding carboxylic acids is 1. The minimum Gasteiger partial charge on any atom is -0.304 e. The van der Waals surface area contributed by atoms with Crippen molar-refractivity contribution in [3.05, 3.63) is 65.7 Å². The highest BCUT2D eigenvalue weighted by Gasteiger charge is 2.30. The molecule has 3 nitrogen and oxygen atoms in total. The molecular formula is C17H16N2OS. The predicted octanol–water partition coefficient (Wildman–Crippen LogP) is 3.46. The van der Waals surface area contributed by atoms with Crippen molar-refractivity contribution in [1.82, 2.24) is 5.32 Å². The standard InChI is InChI=1S/C17H16N2OS/c1-12-7-5-6-8-13(12)11-15-16(20)19-17(21-15)18-14-9-3-2-4-10-14/h2-10,15H,11H2,1H3,(H,18,19,20). The van der Waals surface area contributed by atoms with Gasteiger partial charge in [-0.25, -0.2) is 4.99 Å². The monoisotopic (exact) mass is 296 g/mol. The first kappa shape index (κ1) is 13.9. The Hall–Kier alpha value is -2.07. The lowest BCUT2D eigenvalue weighted by Crippen LogP contribution is -2.26. The molecule has 1 fully saturated rings. The van der Waals surface area contributed by atoms with Crippen LogP contribution in [0.4, 0.5) is 5.69 Å². The fourth-order valence-corrected chi connectivity index (χ4v) is 3.27. The van der Waals surface area contributed by atoms with Gasteiger partial charge in [0, 0.05) is 0 Å². The van der Waals surface area contributed by atoms with Crippen molar-refractivity contribution in [3.8, 4) is 0 Å². The van der Waals surface area contributed by atoms with E-state index in [1.165, 1.54) is 22.9 Å². The molecule has 1 aliphatic heterocycles. The van der Waals surface area contributed by atoms with E-state index in [0.717, 1.165) is 12.1 Å². The molecule has 1 atom stereocenters. The number of amidine groups is 1. The summed E-state index contributed by atoms with van der Waals surface area (Å²) in [7, 11) is 0. The van der Waals surface area contributed by atoms with E-state index in [-0.39, 0.29) is 11.2 Å².